The number of halogens is 1. The van der Waals surface area contributed by atoms with Gasteiger partial charge in [0.05, 0.1) is 11.0 Å². The predicted molar refractivity (Wildman–Crippen MR) is 59.2 cm³/mol. The van der Waals surface area contributed by atoms with Crippen LogP contribution in [0.2, 0.25) is 0 Å². The summed E-state index contributed by atoms with van der Waals surface area (Å²) < 4.78 is 37.2. The van der Waals surface area contributed by atoms with Crippen LogP contribution in [0.15, 0.2) is 0 Å². The molecule has 1 aliphatic carbocycles. The molecule has 0 aromatic carbocycles. The van der Waals surface area contributed by atoms with Gasteiger partial charge in [-0.1, -0.05) is 0 Å². The third-order valence-corrected chi connectivity index (χ3v) is 5.38. The third-order valence-electron chi connectivity index (χ3n) is 3.17. The van der Waals surface area contributed by atoms with Crippen LogP contribution >= 0.6 is 0 Å². The molecule has 0 aliphatic heterocycles. The molecular weight excluding hydrogens is 217 g/mol. The Bertz CT molecular complexity index is 311. The van der Waals surface area contributed by atoms with E-state index in [-0.39, 0.29) is 24.6 Å². The van der Waals surface area contributed by atoms with Gasteiger partial charge in [0.1, 0.15) is 5.67 Å². The van der Waals surface area contributed by atoms with Gasteiger partial charge >= 0.3 is 0 Å². The van der Waals surface area contributed by atoms with Gasteiger partial charge in [-0.2, -0.15) is 0 Å². The van der Waals surface area contributed by atoms with Gasteiger partial charge in [0.2, 0.25) is 0 Å². The van der Waals surface area contributed by atoms with E-state index in [4.69, 9.17) is 5.73 Å². The Labute approximate surface area is 91.1 Å². The van der Waals surface area contributed by atoms with Gasteiger partial charge in [0, 0.05) is 6.54 Å². The molecule has 0 saturated heterocycles. The fraction of sp³-hybridized carbons (Fsp3) is 1.00. The summed E-state index contributed by atoms with van der Waals surface area (Å²) in [6, 6.07) is 0. The van der Waals surface area contributed by atoms with E-state index in [1.54, 1.807) is 13.8 Å². The molecule has 0 radical (unpaired) electrons. The van der Waals surface area contributed by atoms with E-state index in [0.717, 1.165) is 12.8 Å². The summed E-state index contributed by atoms with van der Waals surface area (Å²) in [5.41, 5.74) is 3.93. The van der Waals surface area contributed by atoms with E-state index >= 15 is 0 Å². The van der Waals surface area contributed by atoms with Gasteiger partial charge in [0.15, 0.2) is 9.84 Å². The Morgan fingerprint density at radius 2 is 2.00 bits per heavy atom. The Kier molecular flexibility index (Phi) is 3.76. The Balaban J connectivity index is 2.55. The van der Waals surface area contributed by atoms with Gasteiger partial charge in [-0.3, -0.25) is 0 Å². The van der Waals surface area contributed by atoms with Gasteiger partial charge in [-0.05, 0) is 39.0 Å². The number of hydrogen-bond donors (Lipinski definition) is 1. The number of alkyl halides is 1. The molecule has 2 N–H and O–H groups in total. The lowest BCUT2D eigenvalue weighted by molar-refractivity contribution is 0.138. The average Bonchev–Trinajstić information content (AvgIpc) is 2.97. The van der Waals surface area contributed by atoms with Crippen LogP contribution in [0.4, 0.5) is 4.39 Å². The summed E-state index contributed by atoms with van der Waals surface area (Å²) in [7, 11) is -3.14. The maximum atomic E-state index is 14.1. The van der Waals surface area contributed by atoms with Crippen LogP contribution < -0.4 is 5.73 Å². The molecule has 90 valence electrons. The van der Waals surface area contributed by atoms with Crippen molar-refractivity contribution in [3.05, 3.63) is 0 Å². The van der Waals surface area contributed by atoms with Crippen molar-refractivity contribution >= 4 is 9.84 Å². The molecule has 0 bridgehead atoms. The molecule has 1 rings (SSSR count). The molecule has 3 nitrogen and oxygen atoms in total. The van der Waals surface area contributed by atoms with E-state index in [1.165, 1.54) is 0 Å². The zero-order valence-electron chi connectivity index (χ0n) is 9.37. The van der Waals surface area contributed by atoms with Crippen LogP contribution in [0, 0.1) is 5.92 Å². The summed E-state index contributed by atoms with van der Waals surface area (Å²) in [6.45, 7) is 3.18. The van der Waals surface area contributed by atoms with Crippen molar-refractivity contribution in [2.45, 2.75) is 44.0 Å². The van der Waals surface area contributed by atoms with E-state index in [1.807, 2.05) is 0 Å². The first-order valence-electron chi connectivity index (χ1n) is 5.42. The summed E-state index contributed by atoms with van der Waals surface area (Å²) in [4.78, 5) is 0. The molecule has 15 heavy (non-hydrogen) atoms. The fourth-order valence-electron chi connectivity index (χ4n) is 1.62. The maximum Gasteiger partial charge on any atom is 0.152 e. The molecule has 5 heteroatoms. The minimum absolute atomic E-state index is 0.00939. The summed E-state index contributed by atoms with van der Waals surface area (Å²) >= 11 is 0. The second-order valence-corrected chi connectivity index (χ2v) is 7.36. The van der Waals surface area contributed by atoms with Crippen molar-refractivity contribution in [2.75, 3.05) is 12.3 Å². The lowest BCUT2D eigenvalue weighted by Gasteiger charge is -2.23. The molecule has 0 heterocycles. The molecule has 1 saturated carbocycles. The first-order chi connectivity index (χ1) is 6.82. The Morgan fingerprint density at radius 1 is 1.47 bits per heavy atom. The highest BCUT2D eigenvalue weighted by atomic mass is 32.2. The molecule has 0 amide bonds. The normalized spacial score (nSPS) is 21.7. The maximum absolute atomic E-state index is 14.1. The number of sulfone groups is 1. The predicted octanol–water partition coefficient (Wildman–Crippen LogP) is 1.28. The van der Waals surface area contributed by atoms with E-state index < -0.39 is 20.8 Å². The SMILES string of the molecule is CC(C)S(=O)(=O)CCC(F)(CN)C1CC1. The van der Waals surface area contributed by atoms with Gasteiger partial charge < -0.3 is 5.73 Å². The van der Waals surface area contributed by atoms with Crippen molar-refractivity contribution in [2.24, 2.45) is 11.7 Å². The zero-order chi connectivity index (χ0) is 11.7. The largest absolute Gasteiger partial charge is 0.328 e. The monoisotopic (exact) mass is 237 g/mol. The Hall–Kier alpha value is -0.160. The summed E-state index contributed by atoms with van der Waals surface area (Å²) in [5.74, 6) is -0.0978. The molecule has 0 aromatic rings. The molecule has 0 spiro atoms. The lowest BCUT2D eigenvalue weighted by Crippen LogP contribution is -2.38. The van der Waals surface area contributed by atoms with E-state index in [9.17, 15) is 12.8 Å². The fourth-order valence-corrected chi connectivity index (χ4v) is 2.72. The average molecular weight is 237 g/mol. The highest BCUT2D eigenvalue weighted by molar-refractivity contribution is 7.91. The van der Waals surface area contributed by atoms with E-state index in [0.29, 0.717) is 0 Å². The van der Waals surface area contributed by atoms with Gasteiger partial charge in [0.25, 0.3) is 0 Å². The zero-order valence-corrected chi connectivity index (χ0v) is 10.2. The minimum Gasteiger partial charge on any atom is -0.328 e. The smallest absolute Gasteiger partial charge is 0.152 e. The number of nitrogens with two attached hydrogens (primary N) is 1. The quantitative estimate of drug-likeness (QED) is 0.757. The summed E-state index contributed by atoms with van der Waals surface area (Å²) in [5, 5.41) is -0.432. The minimum atomic E-state index is -3.14. The van der Waals surface area contributed by atoms with Gasteiger partial charge in [-0.15, -0.1) is 0 Å². The molecular formula is C10H20FNO2S. The van der Waals surface area contributed by atoms with Crippen LogP contribution in [-0.4, -0.2) is 31.6 Å². The number of hydrogen-bond acceptors (Lipinski definition) is 3. The van der Waals surface area contributed by atoms with Gasteiger partial charge in [-0.25, -0.2) is 12.8 Å². The van der Waals surface area contributed by atoms with E-state index in [2.05, 4.69) is 0 Å². The van der Waals surface area contributed by atoms with Crippen molar-refractivity contribution in [1.82, 2.24) is 0 Å². The van der Waals surface area contributed by atoms with Crippen LogP contribution in [0.5, 0.6) is 0 Å². The molecule has 1 unspecified atom stereocenters. The standard InChI is InChI=1S/C10H20FNO2S/c1-8(2)15(13,14)6-5-10(11,7-12)9-3-4-9/h8-9H,3-7,12H2,1-2H3. The molecule has 1 atom stereocenters. The third kappa shape index (κ3) is 3.14. The van der Waals surface area contributed by atoms with Crippen molar-refractivity contribution < 1.29 is 12.8 Å². The van der Waals surface area contributed by atoms with Crippen molar-refractivity contribution in [3.8, 4) is 0 Å². The van der Waals surface area contributed by atoms with Crippen LogP contribution in [-0.2, 0) is 9.84 Å². The lowest BCUT2D eigenvalue weighted by atomic mass is 9.97. The van der Waals surface area contributed by atoms with Crippen LogP contribution in [0.1, 0.15) is 33.1 Å². The number of rotatable bonds is 6. The van der Waals surface area contributed by atoms with Crippen LogP contribution in [0.3, 0.4) is 0 Å². The van der Waals surface area contributed by atoms with Crippen LogP contribution in [0.25, 0.3) is 0 Å². The highest BCUT2D eigenvalue weighted by Gasteiger charge is 2.45. The van der Waals surface area contributed by atoms with Crippen molar-refractivity contribution in [3.63, 3.8) is 0 Å². The second-order valence-electron chi connectivity index (χ2n) is 4.68. The summed E-state index contributed by atoms with van der Waals surface area (Å²) in [6.07, 6.45) is 1.74. The van der Waals surface area contributed by atoms with Crippen molar-refractivity contribution in [1.29, 1.82) is 0 Å². The topological polar surface area (TPSA) is 60.2 Å². The molecule has 0 aromatic heterocycles. The first-order valence-corrected chi connectivity index (χ1v) is 7.14. The molecule has 1 aliphatic rings. The first kappa shape index (κ1) is 12.9. The Morgan fingerprint density at radius 3 is 2.33 bits per heavy atom. The second kappa shape index (κ2) is 4.37. The highest BCUT2D eigenvalue weighted by Crippen LogP contribution is 2.43. The molecule has 1 fully saturated rings.